The topological polar surface area (TPSA) is 114 Å². The molecule has 10 nitrogen and oxygen atoms in total. The molecule has 0 spiro atoms. The van der Waals surface area contributed by atoms with Crippen molar-refractivity contribution in [3.63, 3.8) is 0 Å². The Kier molecular flexibility index (Phi) is 7.62. The Morgan fingerprint density at radius 2 is 1.67 bits per heavy atom. The molecule has 1 aliphatic rings. The van der Waals surface area contributed by atoms with Crippen molar-refractivity contribution in [3.8, 4) is 11.6 Å². The molecule has 0 saturated carbocycles. The summed E-state index contributed by atoms with van der Waals surface area (Å²) in [7, 11) is -0.877. The zero-order valence-corrected chi connectivity index (χ0v) is 22.5. The maximum absolute atomic E-state index is 13.4. The molecule has 0 aliphatic carbocycles. The number of carbonyl (C=O) groups is 1. The molecule has 2 aromatic carbocycles. The minimum atomic E-state index is -3.94. The number of para-hydroxylation sites is 1. The van der Waals surface area contributed by atoms with E-state index < -0.39 is 10.0 Å². The van der Waals surface area contributed by atoms with Gasteiger partial charge < -0.3 is 14.4 Å². The molecule has 1 amide bonds. The molecule has 1 saturated heterocycles. The van der Waals surface area contributed by atoms with Gasteiger partial charge in [-0.25, -0.2) is 13.4 Å². The third-order valence-corrected chi connectivity index (χ3v) is 8.08. The summed E-state index contributed by atoms with van der Waals surface area (Å²) >= 11 is 0. The van der Waals surface area contributed by atoms with Crippen LogP contribution in [0.5, 0.6) is 11.6 Å². The van der Waals surface area contributed by atoms with Gasteiger partial charge in [0.05, 0.1) is 31.0 Å². The maximum atomic E-state index is 13.4. The number of benzene rings is 2. The van der Waals surface area contributed by atoms with Crippen molar-refractivity contribution in [2.45, 2.75) is 11.4 Å². The minimum Gasteiger partial charge on any atom is -0.496 e. The van der Waals surface area contributed by atoms with Crippen LogP contribution in [0.15, 0.2) is 78.0 Å². The molecule has 1 fully saturated rings. The summed E-state index contributed by atoms with van der Waals surface area (Å²) < 4.78 is 39.8. The van der Waals surface area contributed by atoms with Crippen molar-refractivity contribution in [3.05, 3.63) is 84.2 Å². The van der Waals surface area contributed by atoms with Gasteiger partial charge in [-0.15, -0.1) is 0 Å². The van der Waals surface area contributed by atoms with E-state index in [2.05, 4.69) is 19.6 Å². The number of piperazine rings is 1. The Morgan fingerprint density at radius 3 is 2.44 bits per heavy atom. The van der Waals surface area contributed by atoms with Crippen molar-refractivity contribution in [1.82, 2.24) is 19.8 Å². The lowest BCUT2D eigenvalue weighted by Gasteiger charge is -2.35. The second-order valence-electron chi connectivity index (χ2n) is 9.09. The lowest BCUT2D eigenvalue weighted by Crippen LogP contribution is -2.48. The highest BCUT2D eigenvalue weighted by atomic mass is 32.2. The summed E-state index contributed by atoms with van der Waals surface area (Å²) in [6, 6.07) is 17.1. The summed E-state index contributed by atoms with van der Waals surface area (Å²) in [6.45, 7) is 3.18. The Bertz CT molecular complexity index is 1600. The summed E-state index contributed by atoms with van der Waals surface area (Å²) in [5, 5.41) is 0.721. The van der Waals surface area contributed by atoms with E-state index in [1.165, 1.54) is 19.2 Å². The average Bonchev–Trinajstić information content (AvgIpc) is 2.97. The van der Waals surface area contributed by atoms with E-state index in [-0.39, 0.29) is 16.5 Å². The zero-order valence-electron chi connectivity index (χ0n) is 21.7. The average molecular weight is 548 g/mol. The first-order valence-electron chi connectivity index (χ1n) is 12.4. The Balaban J connectivity index is 1.28. The number of amides is 1. The fraction of sp³-hybridized carbons (Fsp3) is 0.250. The molecule has 0 unspecified atom stereocenters. The van der Waals surface area contributed by atoms with Gasteiger partial charge in [0.1, 0.15) is 10.6 Å². The molecular formula is C28H29N5O5S. The van der Waals surface area contributed by atoms with Gasteiger partial charge in [-0.3, -0.25) is 19.4 Å². The quantitative estimate of drug-likeness (QED) is 0.357. The van der Waals surface area contributed by atoms with Crippen LogP contribution in [0.3, 0.4) is 0 Å². The van der Waals surface area contributed by atoms with E-state index in [0.717, 1.165) is 10.9 Å². The second kappa shape index (κ2) is 11.3. The molecule has 4 aromatic rings. The largest absolute Gasteiger partial charge is 0.496 e. The molecular weight excluding hydrogens is 518 g/mol. The highest BCUT2D eigenvalue weighted by Crippen LogP contribution is 2.28. The van der Waals surface area contributed by atoms with Gasteiger partial charge in [-0.2, -0.15) is 0 Å². The SMILES string of the molecule is COc1cc(NS(=O)(=O)c2cccc3cccnc23)ccc1C(=O)N1CCN(Cc2cccnc2OC)CC1. The third-order valence-electron chi connectivity index (χ3n) is 6.67. The summed E-state index contributed by atoms with van der Waals surface area (Å²) in [5.74, 6) is 0.727. The van der Waals surface area contributed by atoms with Crippen LogP contribution in [0.25, 0.3) is 10.9 Å². The fourth-order valence-corrected chi connectivity index (χ4v) is 5.91. The van der Waals surface area contributed by atoms with Crippen LogP contribution in [0.4, 0.5) is 5.69 Å². The van der Waals surface area contributed by atoms with Gasteiger partial charge in [0.25, 0.3) is 15.9 Å². The number of nitrogens with zero attached hydrogens (tertiary/aromatic N) is 4. The number of hydrogen-bond donors (Lipinski definition) is 1. The molecule has 3 heterocycles. The first kappa shape index (κ1) is 26.4. The van der Waals surface area contributed by atoms with E-state index in [4.69, 9.17) is 9.47 Å². The Labute approximate surface area is 227 Å². The number of rotatable bonds is 8. The number of pyridine rings is 2. The van der Waals surface area contributed by atoms with Crippen LogP contribution in [-0.4, -0.2) is 74.5 Å². The number of anilines is 1. The van der Waals surface area contributed by atoms with Gasteiger partial charge in [0.2, 0.25) is 5.88 Å². The zero-order chi connectivity index (χ0) is 27.4. The van der Waals surface area contributed by atoms with Crippen LogP contribution < -0.4 is 14.2 Å². The predicted octanol–water partition coefficient (Wildman–Crippen LogP) is 3.41. The monoisotopic (exact) mass is 547 g/mol. The number of aromatic nitrogens is 2. The molecule has 39 heavy (non-hydrogen) atoms. The highest BCUT2D eigenvalue weighted by molar-refractivity contribution is 7.93. The second-order valence-corrected chi connectivity index (χ2v) is 10.7. The summed E-state index contributed by atoms with van der Waals surface area (Å²) in [6.07, 6.45) is 3.25. The van der Waals surface area contributed by atoms with Gasteiger partial charge in [0.15, 0.2) is 0 Å². The Hall–Kier alpha value is -4.22. The fourth-order valence-electron chi connectivity index (χ4n) is 4.68. The highest BCUT2D eigenvalue weighted by Gasteiger charge is 2.26. The van der Waals surface area contributed by atoms with Crippen molar-refractivity contribution < 1.29 is 22.7 Å². The van der Waals surface area contributed by atoms with Crippen LogP contribution in [-0.2, 0) is 16.6 Å². The Morgan fingerprint density at radius 1 is 0.923 bits per heavy atom. The molecule has 11 heteroatoms. The molecule has 0 bridgehead atoms. The predicted molar refractivity (Wildman–Crippen MR) is 148 cm³/mol. The van der Waals surface area contributed by atoms with E-state index in [9.17, 15) is 13.2 Å². The normalized spacial score (nSPS) is 14.3. The minimum absolute atomic E-state index is 0.0708. The van der Waals surface area contributed by atoms with E-state index in [0.29, 0.717) is 55.4 Å². The van der Waals surface area contributed by atoms with Gasteiger partial charge in [-0.05, 0) is 30.3 Å². The number of nitrogens with one attached hydrogen (secondary N) is 1. The van der Waals surface area contributed by atoms with Crippen molar-refractivity contribution in [1.29, 1.82) is 0 Å². The lowest BCUT2D eigenvalue weighted by molar-refractivity contribution is 0.0624. The summed E-state index contributed by atoms with van der Waals surface area (Å²) in [5.41, 5.74) is 2.03. The van der Waals surface area contributed by atoms with Crippen LogP contribution in [0.1, 0.15) is 15.9 Å². The number of carbonyl (C=O) groups excluding carboxylic acids is 1. The van der Waals surface area contributed by atoms with Crippen LogP contribution in [0.2, 0.25) is 0 Å². The smallest absolute Gasteiger partial charge is 0.264 e. The molecule has 1 aliphatic heterocycles. The summed E-state index contributed by atoms with van der Waals surface area (Å²) in [4.78, 5) is 26.0. The third kappa shape index (κ3) is 5.64. The van der Waals surface area contributed by atoms with Crippen molar-refractivity contribution in [2.24, 2.45) is 0 Å². The first-order chi connectivity index (χ1) is 18.9. The van der Waals surface area contributed by atoms with E-state index in [1.807, 2.05) is 12.1 Å². The van der Waals surface area contributed by atoms with Crippen molar-refractivity contribution >= 4 is 32.5 Å². The van der Waals surface area contributed by atoms with E-state index in [1.54, 1.807) is 60.8 Å². The number of methoxy groups -OCH3 is 2. The van der Waals surface area contributed by atoms with Crippen LogP contribution >= 0.6 is 0 Å². The van der Waals surface area contributed by atoms with Crippen molar-refractivity contribution in [2.75, 3.05) is 45.1 Å². The van der Waals surface area contributed by atoms with E-state index >= 15 is 0 Å². The molecule has 1 N–H and O–H groups in total. The molecule has 202 valence electrons. The number of sulfonamides is 1. The van der Waals surface area contributed by atoms with Crippen LogP contribution in [0, 0.1) is 0 Å². The number of fused-ring (bicyclic) bond motifs is 1. The number of ether oxygens (including phenoxy) is 2. The molecule has 2 aromatic heterocycles. The van der Waals surface area contributed by atoms with Gasteiger partial charge in [0, 0.05) is 62.1 Å². The number of hydrogen-bond acceptors (Lipinski definition) is 8. The maximum Gasteiger partial charge on any atom is 0.264 e. The first-order valence-corrected chi connectivity index (χ1v) is 13.9. The lowest BCUT2D eigenvalue weighted by atomic mass is 10.1. The molecule has 0 radical (unpaired) electrons. The van der Waals surface area contributed by atoms with Gasteiger partial charge in [-0.1, -0.05) is 24.3 Å². The standard InChI is InChI=1S/C28H29N5O5S/c1-37-24-18-22(31-39(35,36)25-9-3-6-20-7-4-12-29-26(20)25)10-11-23(24)28(34)33-16-14-32(15-17-33)19-21-8-5-13-30-27(21)38-2/h3-13,18,31H,14-17,19H2,1-2H3. The van der Waals surface area contributed by atoms with Gasteiger partial charge >= 0.3 is 0 Å². The molecule has 5 rings (SSSR count). The molecule has 0 atom stereocenters.